The third-order valence-electron chi connectivity index (χ3n) is 4.28. The van der Waals surface area contributed by atoms with Crippen LogP contribution in [0.4, 0.5) is 10.7 Å². The molecule has 1 aliphatic rings. The zero-order chi connectivity index (χ0) is 17.9. The molecule has 4 rings (SSSR count). The maximum atomic E-state index is 12.6. The van der Waals surface area contributed by atoms with Gasteiger partial charge in [0.15, 0.2) is 0 Å². The van der Waals surface area contributed by atoms with Crippen molar-refractivity contribution >= 4 is 27.9 Å². The second-order valence-corrected chi connectivity index (χ2v) is 7.33. The molecule has 0 fully saturated rings. The zero-order valence-corrected chi connectivity index (χ0v) is 15.3. The van der Waals surface area contributed by atoms with Crippen molar-refractivity contribution in [3.63, 3.8) is 0 Å². The maximum Gasteiger partial charge on any atom is 0.261 e. The first-order chi connectivity index (χ1) is 12.7. The van der Waals surface area contributed by atoms with Gasteiger partial charge in [0.2, 0.25) is 0 Å². The number of nitrogens with one attached hydrogen (secondary N) is 1. The Morgan fingerprint density at radius 3 is 2.96 bits per heavy atom. The van der Waals surface area contributed by atoms with Crippen molar-refractivity contribution in [3.8, 4) is 5.75 Å². The van der Waals surface area contributed by atoms with Gasteiger partial charge in [-0.2, -0.15) is 0 Å². The highest BCUT2D eigenvalue weighted by molar-refractivity contribution is 7.18. The summed E-state index contributed by atoms with van der Waals surface area (Å²) in [6.45, 7) is 3.39. The Bertz CT molecular complexity index is 888. The highest BCUT2D eigenvalue weighted by Gasteiger charge is 2.22. The number of ether oxygens (including phenoxy) is 1. The number of hydrogen-bond acceptors (Lipinski definition) is 5. The van der Waals surface area contributed by atoms with Crippen LogP contribution in [0.1, 0.15) is 22.4 Å². The number of anilines is 2. The van der Waals surface area contributed by atoms with Gasteiger partial charge in [0.05, 0.1) is 28.4 Å². The number of rotatable bonds is 5. The van der Waals surface area contributed by atoms with Gasteiger partial charge in [-0.1, -0.05) is 12.1 Å². The minimum atomic E-state index is -0.0538. The van der Waals surface area contributed by atoms with Crippen molar-refractivity contribution in [2.24, 2.45) is 0 Å². The molecular weight excluding hydrogens is 348 g/mol. The predicted molar refractivity (Wildman–Crippen MR) is 103 cm³/mol. The molecule has 0 aliphatic carbocycles. The van der Waals surface area contributed by atoms with Crippen molar-refractivity contribution in [2.45, 2.75) is 19.4 Å². The fourth-order valence-corrected chi connectivity index (χ4v) is 4.02. The van der Waals surface area contributed by atoms with Crippen molar-refractivity contribution in [2.75, 3.05) is 18.1 Å². The Morgan fingerprint density at radius 1 is 1.23 bits per heavy atom. The lowest BCUT2D eigenvalue weighted by Crippen LogP contribution is -2.33. The molecule has 6 heteroatoms. The molecule has 26 heavy (non-hydrogen) atoms. The summed E-state index contributed by atoms with van der Waals surface area (Å²) in [6.07, 6.45) is 2.32. The quantitative estimate of drug-likeness (QED) is 0.732. The van der Waals surface area contributed by atoms with Gasteiger partial charge in [-0.3, -0.25) is 4.79 Å². The molecule has 5 nitrogen and oxygen atoms in total. The van der Waals surface area contributed by atoms with Crippen LogP contribution in [0.25, 0.3) is 0 Å². The number of fused-ring (bicyclic) bond motifs is 1. The normalized spacial score (nSPS) is 14.4. The third kappa shape index (κ3) is 3.46. The summed E-state index contributed by atoms with van der Waals surface area (Å²) < 4.78 is 11.0. The summed E-state index contributed by atoms with van der Waals surface area (Å²) in [5.74, 6) is 1.70. The van der Waals surface area contributed by atoms with Gasteiger partial charge in [-0.05, 0) is 43.3 Å². The topological polar surface area (TPSA) is 54.7 Å². The van der Waals surface area contributed by atoms with Gasteiger partial charge in [0.25, 0.3) is 5.91 Å². The van der Waals surface area contributed by atoms with Gasteiger partial charge in [-0.15, -0.1) is 11.3 Å². The first-order valence-electron chi connectivity index (χ1n) is 8.63. The maximum absolute atomic E-state index is 12.6. The van der Waals surface area contributed by atoms with E-state index in [4.69, 9.17) is 9.15 Å². The largest absolute Gasteiger partial charge is 0.490 e. The van der Waals surface area contributed by atoms with Crippen LogP contribution in [-0.2, 0) is 6.42 Å². The summed E-state index contributed by atoms with van der Waals surface area (Å²) in [7, 11) is 0. The Hall–Kier alpha value is -2.73. The number of nitrogens with zero attached hydrogens (tertiary/aromatic N) is 1. The van der Waals surface area contributed by atoms with E-state index in [1.54, 1.807) is 6.26 Å². The SMILES string of the molecule is CC(Cc1ccco1)NC(=O)c1ccc(N2CCOc3ccccc32)s1. The minimum absolute atomic E-state index is 0.00307. The van der Waals surface area contributed by atoms with Crippen molar-refractivity contribution in [3.05, 3.63) is 65.4 Å². The number of carbonyl (C=O) groups excluding carboxylic acids is 1. The van der Waals surface area contributed by atoms with Crippen LogP contribution in [0.2, 0.25) is 0 Å². The van der Waals surface area contributed by atoms with Gasteiger partial charge < -0.3 is 19.4 Å². The number of hydrogen-bond donors (Lipinski definition) is 1. The molecule has 1 N–H and O–H groups in total. The molecule has 1 atom stereocenters. The minimum Gasteiger partial charge on any atom is -0.490 e. The second kappa shape index (κ2) is 7.25. The number of thiophene rings is 1. The summed E-state index contributed by atoms with van der Waals surface area (Å²) in [5.41, 5.74) is 1.04. The lowest BCUT2D eigenvalue weighted by Gasteiger charge is -2.29. The van der Waals surface area contributed by atoms with Crippen LogP contribution in [0.15, 0.2) is 59.2 Å². The fourth-order valence-electron chi connectivity index (χ4n) is 3.07. The van der Waals surface area contributed by atoms with Crippen LogP contribution in [0.3, 0.4) is 0 Å². The molecule has 1 aromatic carbocycles. The fraction of sp³-hybridized carbons (Fsp3) is 0.250. The molecule has 1 aliphatic heterocycles. The van der Waals surface area contributed by atoms with Crippen LogP contribution in [-0.4, -0.2) is 25.1 Å². The monoisotopic (exact) mass is 368 g/mol. The average Bonchev–Trinajstić information content (AvgIpc) is 3.33. The van der Waals surface area contributed by atoms with Gasteiger partial charge >= 0.3 is 0 Å². The van der Waals surface area contributed by atoms with Crippen LogP contribution in [0, 0.1) is 0 Å². The number of para-hydroxylation sites is 2. The zero-order valence-electron chi connectivity index (χ0n) is 14.5. The lowest BCUT2D eigenvalue weighted by molar-refractivity contribution is 0.0943. The van der Waals surface area contributed by atoms with Crippen LogP contribution in [0.5, 0.6) is 5.75 Å². The van der Waals surface area contributed by atoms with E-state index in [1.165, 1.54) is 11.3 Å². The highest BCUT2D eigenvalue weighted by Crippen LogP contribution is 2.39. The van der Waals surface area contributed by atoms with Gasteiger partial charge in [0, 0.05) is 12.5 Å². The number of amides is 1. The molecule has 3 heterocycles. The molecule has 0 spiro atoms. The average molecular weight is 368 g/mol. The van der Waals surface area contributed by atoms with E-state index >= 15 is 0 Å². The van der Waals surface area contributed by atoms with E-state index in [9.17, 15) is 4.79 Å². The van der Waals surface area contributed by atoms with E-state index in [0.29, 0.717) is 17.9 Å². The summed E-state index contributed by atoms with van der Waals surface area (Å²) in [4.78, 5) is 15.5. The Kier molecular flexibility index (Phi) is 4.67. The molecule has 1 unspecified atom stereocenters. The Morgan fingerprint density at radius 2 is 2.12 bits per heavy atom. The smallest absolute Gasteiger partial charge is 0.261 e. The van der Waals surface area contributed by atoms with E-state index in [0.717, 1.165) is 28.7 Å². The van der Waals surface area contributed by atoms with E-state index in [1.807, 2.05) is 55.5 Å². The second-order valence-electron chi connectivity index (χ2n) is 6.26. The molecule has 2 aromatic heterocycles. The third-order valence-corrected chi connectivity index (χ3v) is 5.38. The van der Waals surface area contributed by atoms with E-state index in [2.05, 4.69) is 10.2 Å². The molecule has 0 saturated carbocycles. The highest BCUT2D eigenvalue weighted by atomic mass is 32.1. The van der Waals surface area contributed by atoms with Crippen LogP contribution < -0.4 is 15.0 Å². The molecular formula is C20H20N2O3S. The van der Waals surface area contributed by atoms with Crippen LogP contribution >= 0.6 is 11.3 Å². The number of benzene rings is 1. The standard InChI is InChI=1S/C20H20N2O3S/c1-14(13-15-5-4-11-24-15)21-20(23)18-8-9-19(26-18)22-10-12-25-17-7-3-2-6-16(17)22/h2-9,11,14H,10,12-13H2,1H3,(H,21,23). The summed E-state index contributed by atoms with van der Waals surface area (Å²) in [6, 6.07) is 15.6. The van der Waals surface area contributed by atoms with Crippen molar-refractivity contribution in [1.29, 1.82) is 0 Å². The van der Waals surface area contributed by atoms with Gasteiger partial charge in [-0.25, -0.2) is 0 Å². The van der Waals surface area contributed by atoms with Crippen molar-refractivity contribution < 1.29 is 13.9 Å². The van der Waals surface area contributed by atoms with Crippen molar-refractivity contribution in [1.82, 2.24) is 5.32 Å². The molecule has 0 radical (unpaired) electrons. The molecule has 0 saturated heterocycles. The van der Waals surface area contributed by atoms with Gasteiger partial charge in [0.1, 0.15) is 18.1 Å². The lowest BCUT2D eigenvalue weighted by atomic mass is 10.2. The Balaban J connectivity index is 1.45. The number of furan rings is 1. The molecule has 0 bridgehead atoms. The van der Waals surface area contributed by atoms with E-state index < -0.39 is 0 Å². The summed E-state index contributed by atoms with van der Waals surface area (Å²) >= 11 is 1.50. The first-order valence-corrected chi connectivity index (χ1v) is 9.45. The number of carbonyl (C=O) groups is 1. The molecule has 3 aromatic rings. The molecule has 134 valence electrons. The first kappa shape index (κ1) is 16.7. The Labute approximate surface area is 156 Å². The molecule has 1 amide bonds. The van der Waals surface area contributed by atoms with E-state index in [-0.39, 0.29) is 11.9 Å². The summed E-state index contributed by atoms with van der Waals surface area (Å²) in [5, 5.41) is 4.08. The predicted octanol–water partition coefficient (Wildman–Crippen LogP) is 4.23.